The van der Waals surface area contributed by atoms with Crippen molar-refractivity contribution >= 4 is 33.3 Å². The molecule has 7 heteroatoms. The number of aliphatic carboxylic acids is 1. The number of hydrogen-bond acceptors (Lipinski definition) is 4. The van der Waals surface area contributed by atoms with Crippen LogP contribution in [0.5, 0.6) is 0 Å². The van der Waals surface area contributed by atoms with Crippen molar-refractivity contribution in [2.75, 3.05) is 13.7 Å². The second kappa shape index (κ2) is 6.14. The third-order valence-corrected chi connectivity index (χ3v) is 5.78. The highest BCUT2D eigenvalue weighted by Gasteiger charge is 2.46. The number of thiophene rings is 1. The summed E-state index contributed by atoms with van der Waals surface area (Å²) in [6.45, 7) is 2.04. The number of carbonyl (C=O) groups is 2. The van der Waals surface area contributed by atoms with Crippen LogP contribution in [0.3, 0.4) is 0 Å². The Kier molecular flexibility index (Phi) is 4.31. The van der Waals surface area contributed by atoms with E-state index in [1.54, 1.807) is 19.1 Å². The number of halogens is 1. The van der Waals surface area contributed by atoms with Gasteiger partial charge in [0.15, 0.2) is 0 Å². The van der Waals surface area contributed by atoms with E-state index in [1.807, 2.05) is 0 Å². The number of carboxylic acid groups (broad SMARTS) is 1. The van der Waals surface area contributed by atoms with Crippen LogP contribution in [0.25, 0.3) is 10.1 Å². The van der Waals surface area contributed by atoms with Crippen LogP contribution < -0.4 is 0 Å². The number of amides is 1. The highest BCUT2D eigenvalue weighted by molar-refractivity contribution is 7.21. The summed E-state index contributed by atoms with van der Waals surface area (Å²) in [6.07, 6.45) is 1.04. The Morgan fingerprint density at radius 1 is 1.46 bits per heavy atom. The third kappa shape index (κ3) is 2.48. The average Bonchev–Trinajstić information content (AvgIpc) is 3.10. The van der Waals surface area contributed by atoms with Crippen LogP contribution in [-0.2, 0) is 16.1 Å². The van der Waals surface area contributed by atoms with Gasteiger partial charge in [-0.05, 0) is 31.9 Å². The zero-order valence-electron chi connectivity index (χ0n) is 13.5. The normalized spacial score (nSPS) is 20.7. The quantitative estimate of drug-likeness (QED) is 0.918. The Labute approximate surface area is 142 Å². The molecule has 1 atom stereocenters. The molecule has 3 rings (SSSR count). The first kappa shape index (κ1) is 16.9. The lowest BCUT2D eigenvalue weighted by molar-refractivity contribution is -0.147. The van der Waals surface area contributed by atoms with E-state index in [0.717, 1.165) is 0 Å². The summed E-state index contributed by atoms with van der Waals surface area (Å²) in [5, 5.41) is 9.90. The third-order valence-electron chi connectivity index (χ3n) is 4.59. The zero-order chi connectivity index (χ0) is 17.5. The summed E-state index contributed by atoms with van der Waals surface area (Å²) in [5.41, 5.74) is -0.740. The van der Waals surface area contributed by atoms with Crippen LogP contribution in [0.2, 0.25) is 0 Å². The molecule has 0 bridgehead atoms. The number of benzene rings is 1. The predicted molar refractivity (Wildman–Crippen MR) is 88.8 cm³/mol. The maximum absolute atomic E-state index is 14.2. The van der Waals surface area contributed by atoms with Gasteiger partial charge in [-0.3, -0.25) is 4.79 Å². The van der Waals surface area contributed by atoms with Crippen molar-refractivity contribution in [1.82, 2.24) is 4.90 Å². The SMILES string of the molecule is COCc1c(C(=O)N2CCCC2(C)C(=O)O)sc2cccc(F)c12. The second-order valence-electron chi connectivity index (χ2n) is 6.10. The molecule has 2 aromatic rings. The summed E-state index contributed by atoms with van der Waals surface area (Å²) in [4.78, 5) is 26.4. The number of carbonyl (C=O) groups excluding carboxylic acids is 1. The van der Waals surface area contributed by atoms with Crippen LogP contribution in [0.15, 0.2) is 18.2 Å². The molecule has 1 unspecified atom stereocenters. The molecule has 1 amide bonds. The van der Waals surface area contributed by atoms with Gasteiger partial charge in [-0.15, -0.1) is 11.3 Å². The van der Waals surface area contributed by atoms with E-state index in [2.05, 4.69) is 0 Å². The number of likely N-dealkylation sites (tertiary alicyclic amines) is 1. The number of carboxylic acids is 1. The first-order valence-corrected chi connectivity index (χ1v) is 8.46. The molecule has 1 aromatic carbocycles. The molecule has 1 aromatic heterocycles. The smallest absolute Gasteiger partial charge is 0.329 e. The molecule has 128 valence electrons. The molecule has 1 N–H and O–H groups in total. The van der Waals surface area contributed by atoms with Crippen LogP contribution in [0, 0.1) is 5.82 Å². The molecule has 5 nitrogen and oxygen atoms in total. The number of methoxy groups -OCH3 is 1. The van der Waals surface area contributed by atoms with E-state index in [0.29, 0.717) is 39.9 Å². The number of rotatable bonds is 4. The topological polar surface area (TPSA) is 66.8 Å². The lowest BCUT2D eigenvalue weighted by Crippen LogP contribution is -2.50. The molecule has 0 spiro atoms. The number of fused-ring (bicyclic) bond motifs is 1. The molecule has 0 aliphatic carbocycles. The van der Waals surface area contributed by atoms with E-state index in [9.17, 15) is 19.1 Å². The standard InChI is InChI=1S/C17H18FNO4S/c1-17(16(21)22)7-4-8-19(17)15(20)14-10(9-23-2)13-11(18)5-3-6-12(13)24-14/h3,5-6H,4,7-9H2,1-2H3,(H,21,22). The number of nitrogens with zero attached hydrogens (tertiary/aromatic N) is 1. The molecule has 24 heavy (non-hydrogen) atoms. The van der Waals surface area contributed by atoms with Crippen molar-refractivity contribution in [3.63, 3.8) is 0 Å². The Morgan fingerprint density at radius 2 is 2.21 bits per heavy atom. The van der Waals surface area contributed by atoms with Gasteiger partial charge >= 0.3 is 5.97 Å². The highest BCUT2D eigenvalue weighted by Crippen LogP contribution is 2.38. The van der Waals surface area contributed by atoms with Gasteiger partial charge in [0.05, 0.1) is 11.5 Å². The molecular weight excluding hydrogens is 333 g/mol. The van der Waals surface area contributed by atoms with E-state index >= 15 is 0 Å². The van der Waals surface area contributed by atoms with Gasteiger partial charge in [0, 0.05) is 29.3 Å². The van der Waals surface area contributed by atoms with Crippen LogP contribution in [0.1, 0.15) is 35.0 Å². The second-order valence-corrected chi connectivity index (χ2v) is 7.15. The van der Waals surface area contributed by atoms with E-state index < -0.39 is 17.3 Å². The van der Waals surface area contributed by atoms with Gasteiger partial charge in [0.25, 0.3) is 5.91 Å². The van der Waals surface area contributed by atoms with Gasteiger partial charge in [-0.1, -0.05) is 6.07 Å². The molecular formula is C17H18FNO4S. The highest BCUT2D eigenvalue weighted by atomic mass is 32.1. The molecule has 0 radical (unpaired) electrons. The predicted octanol–water partition coefficient (Wildman–Crippen LogP) is 3.27. The number of ether oxygens (including phenoxy) is 1. The minimum Gasteiger partial charge on any atom is -0.480 e. The fourth-order valence-electron chi connectivity index (χ4n) is 3.26. The fourth-order valence-corrected chi connectivity index (χ4v) is 4.43. The van der Waals surface area contributed by atoms with Crippen molar-refractivity contribution in [1.29, 1.82) is 0 Å². The Morgan fingerprint density at radius 3 is 2.88 bits per heavy atom. The van der Waals surface area contributed by atoms with Crippen molar-refractivity contribution in [3.05, 3.63) is 34.5 Å². The largest absolute Gasteiger partial charge is 0.480 e. The lowest BCUT2D eigenvalue weighted by Gasteiger charge is -2.31. The first-order valence-electron chi connectivity index (χ1n) is 7.64. The summed E-state index contributed by atoms with van der Waals surface area (Å²) < 4.78 is 20.0. The summed E-state index contributed by atoms with van der Waals surface area (Å²) in [6, 6.07) is 4.69. The van der Waals surface area contributed by atoms with Crippen molar-refractivity contribution in [2.45, 2.75) is 31.9 Å². The summed E-state index contributed by atoms with van der Waals surface area (Å²) in [5.74, 6) is -1.80. The zero-order valence-corrected chi connectivity index (χ0v) is 14.3. The fraction of sp³-hybridized carbons (Fsp3) is 0.412. The first-order chi connectivity index (χ1) is 11.4. The maximum atomic E-state index is 14.2. The molecule has 0 saturated carbocycles. The number of hydrogen-bond donors (Lipinski definition) is 1. The Bertz CT molecular complexity index is 818. The lowest BCUT2D eigenvalue weighted by atomic mass is 9.99. The van der Waals surface area contributed by atoms with Gasteiger partial charge in [-0.2, -0.15) is 0 Å². The minimum atomic E-state index is -1.23. The van der Waals surface area contributed by atoms with Gasteiger partial charge in [0.2, 0.25) is 0 Å². The molecule has 1 aliphatic heterocycles. The molecule has 1 saturated heterocycles. The average molecular weight is 351 g/mol. The van der Waals surface area contributed by atoms with Crippen molar-refractivity contribution < 1.29 is 23.8 Å². The van der Waals surface area contributed by atoms with Gasteiger partial charge in [0.1, 0.15) is 11.4 Å². The van der Waals surface area contributed by atoms with Crippen LogP contribution in [-0.4, -0.2) is 41.1 Å². The van der Waals surface area contributed by atoms with Gasteiger partial charge in [-0.25, -0.2) is 9.18 Å². The van der Waals surface area contributed by atoms with E-state index in [1.165, 1.54) is 29.4 Å². The van der Waals surface area contributed by atoms with Crippen molar-refractivity contribution in [3.8, 4) is 0 Å². The van der Waals surface area contributed by atoms with Gasteiger partial charge < -0.3 is 14.7 Å². The Hall–Kier alpha value is -1.99. The van der Waals surface area contributed by atoms with Crippen LogP contribution in [0.4, 0.5) is 4.39 Å². The maximum Gasteiger partial charge on any atom is 0.329 e. The minimum absolute atomic E-state index is 0.0969. The molecule has 1 fully saturated rings. The van der Waals surface area contributed by atoms with Crippen molar-refractivity contribution in [2.24, 2.45) is 0 Å². The van der Waals surface area contributed by atoms with E-state index in [-0.39, 0.29) is 12.5 Å². The summed E-state index contributed by atoms with van der Waals surface area (Å²) >= 11 is 1.18. The molecule has 1 aliphatic rings. The van der Waals surface area contributed by atoms with Crippen LogP contribution >= 0.6 is 11.3 Å². The van der Waals surface area contributed by atoms with E-state index in [4.69, 9.17) is 4.74 Å². The summed E-state index contributed by atoms with van der Waals surface area (Å²) in [7, 11) is 1.48. The Balaban J connectivity index is 2.12. The molecule has 2 heterocycles. The monoisotopic (exact) mass is 351 g/mol.